The van der Waals surface area contributed by atoms with E-state index >= 15 is 0 Å². The SMILES string of the molecule is COc1cc(OC)c([C@@H](N)CCCN)cc1OC. The third-order valence-corrected chi connectivity index (χ3v) is 2.85. The Balaban J connectivity index is 3.08. The van der Waals surface area contributed by atoms with Crippen LogP contribution >= 0.6 is 0 Å². The molecule has 1 aromatic carbocycles. The van der Waals surface area contributed by atoms with Crippen molar-refractivity contribution in [2.24, 2.45) is 11.5 Å². The maximum absolute atomic E-state index is 6.14. The summed E-state index contributed by atoms with van der Waals surface area (Å²) >= 11 is 0. The predicted molar refractivity (Wildman–Crippen MR) is 71.3 cm³/mol. The Morgan fingerprint density at radius 3 is 2.06 bits per heavy atom. The molecule has 5 nitrogen and oxygen atoms in total. The molecule has 1 atom stereocenters. The molecule has 4 N–H and O–H groups in total. The van der Waals surface area contributed by atoms with Crippen LogP contribution in [-0.2, 0) is 0 Å². The summed E-state index contributed by atoms with van der Waals surface area (Å²) in [5.74, 6) is 1.98. The highest BCUT2D eigenvalue weighted by atomic mass is 16.5. The first-order chi connectivity index (χ1) is 8.67. The lowest BCUT2D eigenvalue weighted by molar-refractivity contribution is 0.346. The zero-order valence-electron chi connectivity index (χ0n) is 11.2. The van der Waals surface area contributed by atoms with Gasteiger partial charge in [0.05, 0.1) is 21.3 Å². The first-order valence-corrected chi connectivity index (χ1v) is 5.93. The lowest BCUT2D eigenvalue weighted by Gasteiger charge is -2.18. The first-order valence-electron chi connectivity index (χ1n) is 5.93. The molecule has 0 aromatic heterocycles. The fraction of sp³-hybridized carbons (Fsp3) is 0.538. The van der Waals surface area contributed by atoms with Gasteiger partial charge in [-0.2, -0.15) is 0 Å². The highest BCUT2D eigenvalue weighted by Crippen LogP contribution is 2.37. The van der Waals surface area contributed by atoms with E-state index in [1.165, 1.54) is 0 Å². The smallest absolute Gasteiger partial charge is 0.164 e. The first kappa shape index (κ1) is 14.6. The Morgan fingerprint density at radius 2 is 1.56 bits per heavy atom. The number of benzene rings is 1. The Bertz CT molecular complexity index is 383. The second-order valence-electron chi connectivity index (χ2n) is 3.99. The van der Waals surface area contributed by atoms with Crippen LogP contribution < -0.4 is 25.7 Å². The minimum atomic E-state index is -0.122. The predicted octanol–water partition coefficient (Wildman–Crippen LogP) is 1.45. The summed E-state index contributed by atoms with van der Waals surface area (Å²) in [4.78, 5) is 0. The van der Waals surface area contributed by atoms with E-state index in [0.29, 0.717) is 23.8 Å². The summed E-state index contributed by atoms with van der Waals surface area (Å²) in [6, 6.07) is 3.53. The molecule has 5 heteroatoms. The monoisotopic (exact) mass is 254 g/mol. The molecule has 0 amide bonds. The standard InChI is InChI=1S/C13H22N2O3/c1-16-11-8-13(18-3)12(17-2)7-9(11)10(15)5-4-6-14/h7-8,10H,4-6,14-15H2,1-3H3/t10-/m0/s1. The zero-order chi connectivity index (χ0) is 13.5. The van der Waals surface area contributed by atoms with E-state index < -0.39 is 0 Å². The molecule has 0 aliphatic rings. The Kier molecular flexibility index (Phi) is 5.74. The molecule has 0 spiro atoms. The highest BCUT2D eigenvalue weighted by molar-refractivity contribution is 5.51. The summed E-state index contributed by atoms with van der Waals surface area (Å²) in [7, 11) is 4.80. The van der Waals surface area contributed by atoms with Crippen LogP contribution in [0.15, 0.2) is 12.1 Å². The van der Waals surface area contributed by atoms with E-state index in [1.54, 1.807) is 27.4 Å². The molecule has 18 heavy (non-hydrogen) atoms. The van der Waals surface area contributed by atoms with Gasteiger partial charge in [0.1, 0.15) is 5.75 Å². The number of nitrogens with two attached hydrogens (primary N) is 2. The van der Waals surface area contributed by atoms with Gasteiger partial charge in [-0.1, -0.05) is 0 Å². The number of rotatable bonds is 7. The van der Waals surface area contributed by atoms with Crippen molar-refractivity contribution in [1.29, 1.82) is 0 Å². The number of hydrogen-bond donors (Lipinski definition) is 2. The summed E-state index contributed by atoms with van der Waals surface area (Å²) in [6.07, 6.45) is 1.68. The van der Waals surface area contributed by atoms with Gasteiger partial charge >= 0.3 is 0 Å². The van der Waals surface area contributed by atoms with Crippen LogP contribution in [0.4, 0.5) is 0 Å². The van der Waals surface area contributed by atoms with Gasteiger partial charge in [0.2, 0.25) is 0 Å². The number of methoxy groups -OCH3 is 3. The molecule has 102 valence electrons. The van der Waals surface area contributed by atoms with E-state index in [1.807, 2.05) is 6.07 Å². The van der Waals surface area contributed by atoms with E-state index in [4.69, 9.17) is 25.7 Å². The molecule has 0 radical (unpaired) electrons. The fourth-order valence-electron chi connectivity index (χ4n) is 1.84. The molecule has 1 rings (SSSR count). The van der Waals surface area contributed by atoms with Crippen molar-refractivity contribution < 1.29 is 14.2 Å². The normalized spacial score (nSPS) is 12.1. The summed E-state index contributed by atoms with van der Waals surface area (Å²) in [5, 5.41) is 0. The van der Waals surface area contributed by atoms with Gasteiger partial charge in [-0.25, -0.2) is 0 Å². The molecule has 0 fully saturated rings. The van der Waals surface area contributed by atoms with Crippen molar-refractivity contribution in [3.8, 4) is 17.2 Å². The third kappa shape index (κ3) is 3.27. The van der Waals surface area contributed by atoms with E-state index in [2.05, 4.69) is 0 Å². The van der Waals surface area contributed by atoms with Crippen molar-refractivity contribution >= 4 is 0 Å². The van der Waals surface area contributed by atoms with Gasteiger partial charge < -0.3 is 25.7 Å². The van der Waals surface area contributed by atoms with Crippen molar-refractivity contribution in [1.82, 2.24) is 0 Å². The maximum atomic E-state index is 6.14. The summed E-state index contributed by atoms with van der Waals surface area (Å²) in [6.45, 7) is 0.628. The minimum Gasteiger partial charge on any atom is -0.496 e. The van der Waals surface area contributed by atoms with Gasteiger partial charge in [-0.05, 0) is 25.5 Å². The van der Waals surface area contributed by atoms with Crippen LogP contribution in [0.1, 0.15) is 24.4 Å². The van der Waals surface area contributed by atoms with Gasteiger partial charge in [0.25, 0.3) is 0 Å². The Labute approximate surface area is 108 Å². The maximum Gasteiger partial charge on any atom is 0.164 e. The molecule has 0 aliphatic carbocycles. The number of ether oxygens (including phenoxy) is 3. The quantitative estimate of drug-likeness (QED) is 0.770. The van der Waals surface area contributed by atoms with Gasteiger partial charge in [-0.15, -0.1) is 0 Å². The second kappa shape index (κ2) is 7.08. The van der Waals surface area contributed by atoms with Crippen LogP contribution in [-0.4, -0.2) is 27.9 Å². The lowest BCUT2D eigenvalue weighted by atomic mass is 10.0. The lowest BCUT2D eigenvalue weighted by Crippen LogP contribution is -2.14. The molecular weight excluding hydrogens is 232 g/mol. The molecule has 1 aromatic rings. The van der Waals surface area contributed by atoms with Crippen LogP contribution in [0.2, 0.25) is 0 Å². The zero-order valence-corrected chi connectivity index (χ0v) is 11.2. The molecule has 0 bridgehead atoms. The Morgan fingerprint density at radius 1 is 1.00 bits per heavy atom. The van der Waals surface area contributed by atoms with Crippen molar-refractivity contribution in [3.05, 3.63) is 17.7 Å². The fourth-order valence-corrected chi connectivity index (χ4v) is 1.84. The van der Waals surface area contributed by atoms with Crippen LogP contribution in [0.25, 0.3) is 0 Å². The van der Waals surface area contributed by atoms with Crippen LogP contribution in [0.5, 0.6) is 17.2 Å². The molecule has 0 saturated carbocycles. The van der Waals surface area contributed by atoms with Crippen molar-refractivity contribution in [3.63, 3.8) is 0 Å². The Hall–Kier alpha value is -1.46. The molecular formula is C13H22N2O3. The van der Waals surface area contributed by atoms with Gasteiger partial charge in [-0.3, -0.25) is 0 Å². The van der Waals surface area contributed by atoms with E-state index in [0.717, 1.165) is 18.4 Å². The second-order valence-corrected chi connectivity index (χ2v) is 3.99. The largest absolute Gasteiger partial charge is 0.496 e. The summed E-state index contributed by atoms with van der Waals surface area (Å²) < 4.78 is 15.8. The van der Waals surface area contributed by atoms with E-state index in [-0.39, 0.29) is 6.04 Å². The average molecular weight is 254 g/mol. The third-order valence-electron chi connectivity index (χ3n) is 2.85. The van der Waals surface area contributed by atoms with Crippen LogP contribution in [0, 0.1) is 0 Å². The topological polar surface area (TPSA) is 79.7 Å². The molecule has 0 unspecified atom stereocenters. The van der Waals surface area contributed by atoms with Gasteiger partial charge in [0.15, 0.2) is 11.5 Å². The van der Waals surface area contributed by atoms with Gasteiger partial charge in [0, 0.05) is 17.7 Å². The summed E-state index contributed by atoms with van der Waals surface area (Å²) in [5.41, 5.74) is 12.5. The average Bonchev–Trinajstić information content (AvgIpc) is 2.42. The molecule has 0 heterocycles. The van der Waals surface area contributed by atoms with Crippen molar-refractivity contribution in [2.75, 3.05) is 27.9 Å². The number of hydrogen-bond acceptors (Lipinski definition) is 5. The van der Waals surface area contributed by atoms with Crippen molar-refractivity contribution in [2.45, 2.75) is 18.9 Å². The highest BCUT2D eigenvalue weighted by Gasteiger charge is 2.16. The molecule has 0 saturated heterocycles. The van der Waals surface area contributed by atoms with E-state index in [9.17, 15) is 0 Å². The van der Waals surface area contributed by atoms with Crippen LogP contribution in [0.3, 0.4) is 0 Å². The molecule has 0 aliphatic heterocycles. The minimum absolute atomic E-state index is 0.122.